The number of hydrogen-bond donors (Lipinski definition) is 1. The number of thiophene rings is 1. The van der Waals surface area contributed by atoms with Crippen LogP contribution in [-0.2, 0) is 0 Å². The maximum atomic E-state index is 12.9. The van der Waals surface area contributed by atoms with Crippen LogP contribution >= 0.6 is 22.9 Å². The molecule has 2 aromatic heterocycles. The maximum Gasteiger partial charge on any atom is 0.258 e. The molecule has 3 aromatic rings. The minimum absolute atomic E-state index is 0.0453. The van der Waals surface area contributed by atoms with Crippen molar-refractivity contribution < 1.29 is 19.4 Å². The molecule has 1 atom stereocenters. The van der Waals surface area contributed by atoms with Crippen LogP contribution in [0.2, 0.25) is 5.02 Å². The van der Waals surface area contributed by atoms with Crippen molar-refractivity contribution in [1.82, 2.24) is 9.88 Å². The predicted molar refractivity (Wildman–Crippen MR) is 129 cm³/mol. The van der Waals surface area contributed by atoms with E-state index in [1.807, 2.05) is 28.5 Å². The molecular formula is C25H25ClN2O4S. The van der Waals surface area contributed by atoms with E-state index in [1.165, 1.54) is 0 Å². The Balaban J connectivity index is 1.38. The first kappa shape index (κ1) is 22.2. The van der Waals surface area contributed by atoms with Crippen molar-refractivity contribution in [2.75, 3.05) is 26.3 Å². The van der Waals surface area contributed by atoms with E-state index in [2.05, 4.69) is 18.0 Å². The van der Waals surface area contributed by atoms with E-state index in [0.29, 0.717) is 28.1 Å². The van der Waals surface area contributed by atoms with Crippen LogP contribution in [0.5, 0.6) is 11.6 Å². The molecule has 0 saturated carbocycles. The summed E-state index contributed by atoms with van der Waals surface area (Å²) in [4.78, 5) is 20.1. The van der Waals surface area contributed by atoms with Gasteiger partial charge in [0, 0.05) is 40.9 Å². The summed E-state index contributed by atoms with van der Waals surface area (Å²) in [6.45, 7) is 3.98. The topological polar surface area (TPSA) is 71.9 Å². The fraction of sp³-hybridized carbons (Fsp3) is 0.360. The molecule has 8 heteroatoms. The Hall–Kier alpha value is -2.61. The van der Waals surface area contributed by atoms with Crippen molar-refractivity contribution in [1.29, 1.82) is 0 Å². The molecule has 0 bridgehead atoms. The van der Waals surface area contributed by atoms with Crippen LogP contribution in [0, 0.1) is 5.92 Å². The number of likely N-dealkylation sites (tertiary alicyclic amines) is 1. The van der Waals surface area contributed by atoms with Gasteiger partial charge in [0.2, 0.25) is 0 Å². The van der Waals surface area contributed by atoms with Crippen molar-refractivity contribution in [3.63, 3.8) is 0 Å². The molecule has 0 radical (unpaired) electrons. The highest BCUT2D eigenvalue weighted by Gasteiger charge is 2.26. The van der Waals surface area contributed by atoms with Crippen LogP contribution in [0.3, 0.4) is 0 Å². The van der Waals surface area contributed by atoms with Crippen molar-refractivity contribution >= 4 is 28.8 Å². The molecule has 2 aliphatic heterocycles. The Morgan fingerprint density at radius 2 is 2.06 bits per heavy atom. The lowest BCUT2D eigenvalue weighted by Gasteiger charge is -2.30. The highest BCUT2D eigenvalue weighted by atomic mass is 35.5. The van der Waals surface area contributed by atoms with E-state index in [-0.39, 0.29) is 19.1 Å². The second-order valence-corrected chi connectivity index (χ2v) is 9.91. The monoisotopic (exact) mass is 484 g/mol. The molecule has 0 aliphatic carbocycles. The number of fused-ring (bicyclic) bond motifs is 1. The van der Waals surface area contributed by atoms with Gasteiger partial charge in [0.15, 0.2) is 11.9 Å². The lowest BCUT2D eigenvalue weighted by atomic mass is 9.98. The van der Waals surface area contributed by atoms with Gasteiger partial charge in [-0.3, -0.25) is 4.79 Å². The van der Waals surface area contributed by atoms with Crippen molar-refractivity contribution in [2.45, 2.75) is 25.9 Å². The number of benzene rings is 1. The van der Waals surface area contributed by atoms with Crippen LogP contribution in [0.15, 0.2) is 41.9 Å². The molecule has 172 valence electrons. The highest BCUT2D eigenvalue weighted by Crippen LogP contribution is 2.43. The van der Waals surface area contributed by atoms with Gasteiger partial charge in [0.05, 0.1) is 11.6 Å². The number of hydrogen-bond acceptors (Lipinski definition) is 6. The van der Waals surface area contributed by atoms with Crippen LogP contribution in [0.4, 0.5) is 0 Å². The van der Waals surface area contributed by atoms with Gasteiger partial charge in [-0.15, -0.1) is 11.3 Å². The predicted octanol–water partition coefficient (Wildman–Crippen LogP) is 5.13. The van der Waals surface area contributed by atoms with E-state index in [1.54, 1.807) is 23.6 Å². The molecule has 33 heavy (non-hydrogen) atoms. The molecule has 1 aromatic carbocycles. The van der Waals surface area contributed by atoms with Crippen LogP contribution < -0.4 is 9.47 Å². The minimum atomic E-state index is -0.411. The molecule has 0 unspecified atom stereocenters. The number of rotatable bonds is 4. The number of amides is 1. The van der Waals surface area contributed by atoms with Gasteiger partial charge in [-0.05, 0) is 54.0 Å². The third kappa shape index (κ3) is 4.45. The summed E-state index contributed by atoms with van der Waals surface area (Å²) in [5, 5.41) is 11.9. The van der Waals surface area contributed by atoms with Gasteiger partial charge >= 0.3 is 0 Å². The standard InChI is InChI=1S/C25H25ClN2O4S/c1-15-5-8-28(9-6-15)25(30)16-2-3-20(21(26)10-16)22-11-17(14-33-22)19-4-7-27-24-23(19)31-13-18(12-29)32-24/h2-4,7,10-11,14-15,18,29H,5-6,8-9,12-13H2,1H3/t18-/m1/s1. The number of nitrogens with zero attached hydrogens (tertiary/aromatic N) is 2. The van der Waals surface area contributed by atoms with Crippen LogP contribution in [0.1, 0.15) is 30.1 Å². The first-order valence-corrected chi connectivity index (χ1v) is 12.4. The van der Waals surface area contributed by atoms with Gasteiger partial charge in [-0.1, -0.05) is 24.6 Å². The quantitative estimate of drug-likeness (QED) is 0.555. The molecule has 0 spiro atoms. The zero-order valence-corrected chi connectivity index (χ0v) is 19.9. The number of aliphatic hydroxyl groups excluding tert-OH is 1. The number of halogens is 1. The molecule has 4 heterocycles. The van der Waals surface area contributed by atoms with E-state index < -0.39 is 6.10 Å². The third-order valence-corrected chi connectivity index (χ3v) is 7.51. The highest BCUT2D eigenvalue weighted by molar-refractivity contribution is 7.14. The zero-order chi connectivity index (χ0) is 22.9. The number of aromatic nitrogens is 1. The first-order chi connectivity index (χ1) is 16.0. The smallest absolute Gasteiger partial charge is 0.258 e. The van der Waals surface area contributed by atoms with E-state index in [9.17, 15) is 9.90 Å². The van der Waals surface area contributed by atoms with Gasteiger partial charge in [0.1, 0.15) is 6.61 Å². The van der Waals surface area contributed by atoms with Crippen molar-refractivity contribution in [3.05, 3.63) is 52.5 Å². The molecular weight excluding hydrogens is 460 g/mol. The summed E-state index contributed by atoms with van der Waals surface area (Å²) in [6, 6.07) is 9.50. The summed E-state index contributed by atoms with van der Waals surface area (Å²) in [6.07, 6.45) is 3.35. The zero-order valence-electron chi connectivity index (χ0n) is 18.3. The van der Waals surface area contributed by atoms with Gasteiger partial charge in [-0.25, -0.2) is 4.98 Å². The summed E-state index contributed by atoms with van der Waals surface area (Å²) >= 11 is 8.20. The molecule has 1 fully saturated rings. The van der Waals surface area contributed by atoms with Crippen molar-refractivity contribution in [3.8, 4) is 33.2 Å². The Kier molecular flexibility index (Phi) is 6.27. The number of aliphatic hydroxyl groups is 1. The average molecular weight is 485 g/mol. The number of carbonyl (C=O) groups is 1. The van der Waals surface area contributed by atoms with Gasteiger partial charge < -0.3 is 19.5 Å². The maximum absolute atomic E-state index is 12.9. The van der Waals surface area contributed by atoms with Crippen LogP contribution in [-0.4, -0.2) is 53.3 Å². The second kappa shape index (κ2) is 9.33. The fourth-order valence-corrected chi connectivity index (χ4v) is 5.49. The Labute approximate surface area is 201 Å². The number of ether oxygens (including phenoxy) is 2. The fourth-order valence-electron chi connectivity index (χ4n) is 4.20. The number of piperidine rings is 1. The molecule has 1 N–H and O–H groups in total. The summed E-state index contributed by atoms with van der Waals surface area (Å²) in [5.74, 6) is 1.68. The lowest BCUT2D eigenvalue weighted by Crippen LogP contribution is -2.37. The Bertz CT molecular complexity index is 1170. The SMILES string of the molecule is CC1CCN(C(=O)c2ccc(-c3cc(-c4ccnc5c4OC[C@@H](CO)O5)cs3)c(Cl)c2)CC1. The molecule has 5 rings (SSSR count). The molecule has 2 aliphatic rings. The van der Waals surface area contributed by atoms with Gasteiger partial charge in [0.25, 0.3) is 11.8 Å². The van der Waals surface area contributed by atoms with Crippen LogP contribution in [0.25, 0.3) is 21.6 Å². The first-order valence-electron chi connectivity index (χ1n) is 11.1. The Morgan fingerprint density at radius 1 is 1.24 bits per heavy atom. The van der Waals surface area contributed by atoms with E-state index >= 15 is 0 Å². The Morgan fingerprint density at radius 3 is 2.82 bits per heavy atom. The second-order valence-electron chi connectivity index (χ2n) is 8.60. The summed E-state index contributed by atoms with van der Waals surface area (Å²) < 4.78 is 11.6. The third-order valence-electron chi connectivity index (χ3n) is 6.23. The summed E-state index contributed by atoms with van der Waals surface area (Å²) in [7, 11) is 0. The molecule has 1 amide bonds. The number of carbonyl (C=O) groups excluding carboxylic acids is 1. The van der Waals surface area contributed by atoms with E-state index in [0.717, 1.165) is 47.5 Å². The van der Waals surface area contributed by atoms with Crippen molar-refractivity contribution in [2.24, 2.45) is 5.92 Å². The van der Waals surface area contributed by atoms with E-state index in [4.69, 9.17) is 21.1 Å². The summed E-state index contributed by atoms with van der Waals surface area (Å²) in [5.41, 5.74) is 3.36. The number of pyridine rings is 1. The molecule has 1 saturated heterocycles. The molecule has 6 nitrogen and oxygen atoms in total. The minimum Gasteiger partial charge on any atom is -0.483 e. The largest absolute Gasteiger partial charge is 0.483 e. The normalized spacial score (nSPS) is 18.4. The van der Waals surface area contributed by atoms with Gasteiger partial charge in [-0.2, -0.15) is 0 Å². The lowest BCUT2D eigenvalue weighted by molar-refractivity contribution is 0.0415. The average Bonchev–Trinajstić information content (AvgIpc) is 3.33.